The Morgan fingerprint density at radius 3 is 2.73 bits per heavy atom. The molecule has 0 unspecified atom stereocenters. The van der Waals surface area contributed by atoms with Gasteiger partial charge >= 0.3 is 5.84 Å². The van der Waals surface area contributed by atoms with E-state index in [1.807, 2.05) is 30.3 Å². The van der Waals surface area contributed by atoms with E-state index in [1.165, 1.54) is 0 Å². The van der Waals surface area contributed by atoms with Crippen LogP contribution in [-0.4, -0.2) is 9.38 Å². The maximum absolute atomic E-state index is 5.96. The third-order valence-electron chi connectivity index (χ3n) is 2.35. The van der Waals surface area contributed by atoms with Crippen molar-refractivity contribution >= 4 is 11.7 Å². The van der Waals surface area contributed by atoms with Crippen molar-refractivity contribution in [2.45, 2.75) is 0 Å². The summed E-state index contributed by atoms with van der Waals surface area (Å²) in [6, 6.07) is 9.81. The molecule has 0 amide bonds. The van der Waals surface area contributed by atoms with Crippen LogP contribution in [0.3, 0.4) is 0 Å². The molecule has 2 aromatic heterocycles. The molecule has 1 aromatic carbocycles. The number of hydrogen-bond acceptors (Lipinski definition) is 3. The lowest BCUT2D eigenvalue weighted by Crippen LogP contribution is -1.91. The minimum absolute atomic E-state index is 0.520. The number of oxazole rings is 1. The van der Waals surface area contributed by atoms with Crippen LogP contribution in [0, 0.1) is 0 Å². The van der Waals surface area contributed by atoms with Gasteiger partial charge in [-0.15, -0.1) is 0 Å². The van der Waals surface area contributed by atoms with E-state index in [0.29, 0.717) is 11.7 Å². The van der Waals surface area contributed by atoms with Gasteiger partial charge in [0.2, 0.25) is 0 Å². The van der Waals surface area contributed by atoms with Crippen LogP contribution in [0.25, 0.3) is 17.1 Å². The molecule has 0 saturated heterocycles. The minimum atomic E-state index is 0.520. The highest BCUT2D eigenvalue weighted by atomic mass is 16.3. The summed E-state index contributed by atoms with van der Waals surface area (Å²) in [5, 5.41) is 0. The largest absolute Gasteiger partial charge is 0.432 e. The number of nitrogens with zero attached hydrogens (tertiary/aromatic N) is 2. The average Bonchev–Trinajstić information content (AvgIpc) is 2.83. The fraction of sp³-hybridized carbons (Fsp3) is 0. The molecule has 0 atom stereocenters. The Morgan fingerprint density at radius 1 is 1.20 bits per heavy atom. The van der Waals surface area contributed by atoms with Crippen LogP contribution in [0.15, 0.2) is 47.2 Å². The number of benzene rings is 1. The maximum Gasteiger partial charge on any atom is 0.307 e. The molecule has 0 fully saturated rings. The molecule has 0 aliphatic carbocycles. The van der Waals surface area contributed by atoms with Crippen LogP contribution < -0.4 is 5.73 Å². The first kappa shape index (κ1) is 8.11. The van der Waals surface area contributed by atoms with Crippen molar-refractivity contribution in [2.24, 2.45) is 0 Å². The minimum Gasteiger partial charge on any atom is -0.432 e. The first-order valence-corrected chi connectivity index (χ1v) is 4.63. The van der Waals surface area contributed by atoms with Crippen LogP contribution >= 0.6 is 0 Å². The monoisotopic (exact) mass is 199 g/mol. The summed E-state index contributed by atoms with van der Waals surface area (Å²) in [6.07, 6.45) is 3.32. The summed E-state index contributed by atoms with van der Waals surface area (Å²) in [4.78, 5) is 4.31. The van der Waals surface area contributed by atoms with Crippen molar-refractivity contribution in [2.75, 3.05) is 5.73 Å². The van der Waals surface area contributed by atoms with Crippen molar-refractivity contribution in [3.8, 4) is 11.3 Å². The van der Waals surface area contributed by atoms with Crippen LogP contribution in [-0.2, 0) is 0 Å². The number of rotatable bonds is 1. The third kappa shape index (κ3) is 1.11. The van der Waals surface area contributed by atoms with Crippen LogP contribution in [0.4, 0.5) is 5.82 Å². The fourth-order valence-corrected chi connectivity index (χ4v) is 1.61. The molecule has 15 heavy (non-hydrogen) atoms. The molecule has 3 rings (SSSR count). The molecule has 74 valence electrons. The number of anilines is 1. The lowest BCUT2D eigenvalue weighted by atomic mass is 10.1. The van der Waals surface area contributed by atoms with Crippen molar-refractivity contribution in [1.29, 1.82) is 0 Å². The first-order chi connectivity index (χ1) is 7.36. The molecule has 0 bridgehead atoms. The normalized spacial score (nSPS) is 10.9. The SMILES string of the molecule is Nc1c(-c2ccccc2)nc2occn12. The van der Waals surface area contributed by atoms with E-state index in [4.69, 9.17) is 10.2 Å². The Balaban J connectivity index is 2.27. The zero-order valence-corrected chi connectivity index (χ0v) is 7.92. The van der Waals surface area contributed by atoms with Gasteiger partial charge < -0.3 is 10.2 Å². The highest BCUT2D eigenvalue weighted by Gasteiger charge is 2.12. The Morgan fingerprint density at radius 2 is 2.00 bits per heavy atom. The number of fused-ring (bicyclic) bond motifs is 1. The standard InChI is InChI=1S/C11H9N3O/c12-10-9(8-4-2-1-3-5-8)13-11-14(10)6-7-15-11/h1-7H,12H2. The third-order valence-corrected chi connectivity index (χ3v) is 2.35. The molecule has 0 saturated carbocycles. The van der Waals surface area contributed by atoms with Gasteiger partial charge in [-0.3, -0.25) is 4.40 Å². The van der Waals surface area contributed by atoms with Gasteiger partial charge in [0.25, 0.3) is 0 Å². The average molecular weight is 199 g/mol. The molecule has 0 radical (unpaired) electrons. The summed E-state index contributed by atoms with van der Waals surface area (Å²) in [6.45, 7) is 0. The molecular formula is C11H9N3O. The number of imidazole rings is 1. The molecular weight excluding hydrogens is 190 g/mol. The van der Waals surface area contributed by atoms with Gasteiger partial charge in [0.1, 0.15) is 17.8 Å². The summed E-state index contributed by atoms with van der Waals surface area (Å²) in [7, 11) is 0. The van der Waals surface area contributed by atoms with Crippen molar-refractivity contribution < 1.29 is 4.42 Å². The highest BCUT2D eigenvalue weighted by Crippen LogP contribution is 2.25. The van der Waals surface area contributed by atoms with Gasteiger partial charge in [0, 0.05) is 5.56 Å². The Bertz CT molecular complexity index is 595. The molecule has 2 heterocycles. The summed E-state index contributed by atoms with van der Waals surface area (Å²) in [5.41, 5.74) is 7.71. The van der Waals surface area contributed by atoms with E-state index in [0.717, 1.165) is 11.3 Å². The van der Waals surface area contributed by atoms with E-state index in [2.05, 4.69) is 4.98 Å². The Hall–Kier alpha value is -2.23. The lowest BCUT2D eigenvalue weighted by Gasteiger charge is -1.96. The lowest BCUT2D eigenvalue weighted by molar-refractivity contribution is 0.596. The molecule has 4 heteroatoms. The quantitative estimate of drug-likeness (QED) is 0.653. The topological polar surface area (TPSA) is 56.5 Å². The molecule has 0 spiro atoms. The van der Waals surface area contributed by atoms with E-state index in [-0.39, 0.29) is 0 Å². The van der Waals surface area contributed by atoms with Gasteiger partial charge in [-0.05, 0) is 0 Å². The van der Waals surface area contributed by atoms with Gasteiger partial charge in [-0.1, -0.05) is 30.3 Å². The summed E-state index contributed by atoms with van der Waals surface area (Å²) in [5.74, 6) is 1.12. The molecule has 0 aliphatic heterocycles. The zero-order valence-electron chi connectivity index (χ0n) is 7.92. The predicted octanol–water partition coefficient (Wildman–Crippen LogP) is 2.18. The highest BCUT2D eigenvalue weighted by molar-refractivity contribution is 5.73. The number of nitrogens with two attached hydrogens (primary N) is 1. The van der Waals surface area contributed by atoms with Crippen molar-refractivity contribution in [3.63, 3.8) is 0 Å². The first-order valence-electron chi connectivity index (χ1n) is 4.63. The second kappa shape index (κ2) is 2.88. The molecule has 3 aromatic rings. The van der Waals surface area contributed by atoms with E-state index in [9.17, 15) is 0 Å². The van der Waals surface area contributed by atoms with Gasteiger partial charge in [-0.25, -0.2) is 0 Å². The summed E-state index contributed by atoms with van der Waals surface area (Å²) >= 11 is 0. The second-order valence-electron chi connectivity index (χ2n) is 3.27. The maximum atomic E-state index is 5.96. The number of aromatic nitrogens is 2. The second-order valence-corrected chi connectivity index (χ2v) is 3.27. The van der Waals surface area contributed by atoms with Crippen LogP contribution in [0.2, 0.25) is 0 Å². The van der Waals surface area contributed by atoms with Gasteiger partial charge in [-0.2, -0.15) is 4.98 Å². The van der Waals surface area contributed by atoms with Gasteiger partial charge in [0.05, 0.1) is 6.20 Å². The smallest absolute Gasteiger partial charge is 0.307 e. The number of nitrogen functional groups attached to an aromatic ring is 1. The molecule has 4 nitrogen and oxygen atoms in total. The predicted molar refractivity (Wildman–Crippen MR) is 57.3 cm³/mol. The van der Waals surface area contributed by atoms with E-state index in [1.54, 1.807) is 16.9 Å². The Kier molecular flexibility index (Phi) is 1.56. The van der Waals surface area contributed by atoms with Gasteiger partial charge in [0.15, 0.2) is 0 Å². The van der Waals surface area contributed by atoms with Crippen molar-refractivity contribution in [1.82, 2.24) is 9.38 Å². The van der Waals surface area contributed by atoms with E-state index < -0.39 is 0 Å². The molecule has 0 aliphatic rings. The fourth-order valence-electron chi connectivity index (χ4n) is 1.61. The number of hydrogen-bond donors (Lipinski definition) is 1. The van der Waals surface area contributed by atoms with E-state index >= 15 is 0 Å². The molecule has 2 N–H and O–H groups in total. The zero-order chi connectivity index (χ0) is 10.3. The Labute approximate surface area is 86.0 Å². The van der Waals surface area contributed by atoms with Crippen LogP contribution in [0.1, 0.15) is 0 Å². The summed E-state index contributed by atoms with van der Waals surface area (Å²) < 4.78 is 6.90. The van der Waals surface area contributed by atoms with Crippen molar-refractivity contribution in [3.05, 3.63) is 42.8 Å². The van der Waals surface area contributed by atoms with Crippen LogP contribution in [0.5, 0.6) is 0 Å².